The van der Waals surface area contributed by atoms with Crippen molar-refractivity contribution in [3.63, 3.8) is 0 Å². The Labute approximate surface area is 300 Å². The molecule has 0 aliphatic carbocycles. The van der Waals surface area contributed by atoms with E-state index in [0.29, 0.717) is 22.8 Å². The lowest BCUT2D eigenvalue weighted by Crippen LogP contribution is -2.21. The molecule has 0 bridgehead atoms. The second-order valence-electron chi connectivity index (χ2n) is 12.0. The maximum Gasteiger partial charge on any atom is 0.416 e. The third-order valence-corrected chi connectivity index (χ3v) is 8.42. The molecule has 0 spiro atoms. The van der Waals surface area contributed by atoms with Crippen molar-refractivity contribution in [2.24, 2.45) is 0 Å². The number of halogens is 6. The summed E-state index contributed by atoms with van der Waals surface area (Å²) in [6.45, 7) is 6.56. The Morgan fingerprint density at radius 2 is 0.944 bits per heavy atom. The van der Waals surface area contributed by atoms with E-state index in [4.69, 9.17) is 0 Å². The molecule has 14 nitrogen and oxygen atoms in total. The van der Waals surface area contributed by atoms with Gasteiger partial charge in [-0.15, -0.1) is 0 Å². The van der Waals surface area contributed by atoms with Crippen LogP contribution in [0.3, 0.4) is 0 Å². The van der Waals surface area contributed by atoms with E-state index in [1.54, 1.807) is 27.7 Å². The number of benzene rings is 2. The third-order valence-electron chi connectivity index (χ3n) is 8.42. The van der Waals surface area contributed by atoms with E-state index < -0.39 is 58.5 Å². The largest absolute Gasteiger partial charge is 0.416 e. The maximum absolute atomic E-state index is 12.8. The van der Waals surface area contributed by atoms with E-state index in [1.807, 2.05) is 0 Å². The summed E-state index contributed by atoms with van der Waals surface area (Å²) in [5.74, 6) is -0.461. The number of amides is 2. The van der Waals surface area contributed by atoms with Crippen molar-refractivity contribution >= 4 is 33.9 Å². The van der Waals surface area contributed by atoms with Crippen molar-refractivity contribution in [3.05, 3.63) is 115 Å². The van der Waals surface area contributed by atoms with Crippen LogP contribution >= 0.6 is 0 Å². The highest BCUT2D eigenvalue weighted by atomic mass is 19.4. The first-order chi connectivity index (χ1) is 25.3. The van der Waals surface area contributed by atoms with Gasteiger partial charge in [-0.05, 0) is 63.1 Å². The minimum absolute atomic E-state index is 0.0266. The Morgan fingerprint density at radius 1 is 0.630 bits per heavy atom. The smallest absolute Gasteiger partial charge is 0.354 e. The molecule has 0 radical (unpaired) electrons. The van der Waals surface area contributed by atoms with E-state index >= 15 is 0 Å². The molecule has 4 aromatic heterocycles. The first-order valence-corrected chi connectivity index (χ1v) is 16.0. The standard InChI is InChI=1S/2C17H16F3N5O2/c2*1-8(10-4-6-11(7-5-10)17(18,19)20)25-14-12(13(24-25)16(27)21-3)15(26)23-9(2)22-14/h2*4-8H,1-3H3,(H,21,27)(H,22,23,26)/t2*8-/m10/s1. The number of carbonyl (C=O) groups excluding carboxylic acids is 2. The van der Waals surface area contributed by atoms with Gasteiger partial charge in [0.25, 0.3) is 22.9 Å². The number of rotatable bonds is 6. The molecule has 2 aromatic carbocycles. The zero-order chi connectivity index (χ0) is 39.9. The topological polar surface area (TPSA) is 185 Å². The van der Waals surface area contributed by atoms with E-state index in [2.05, 4.69) is 40.8 Å². The number of hydrogen-bond donors (Lipinski definition) is 4. The molecule has 0 unspecified atom stereocenters. The summed E-state index contributed by atoms with van der Waals surface area (Å²) in [6.07, 6.45) is -8.86. The van der Waals surface area contributed by atoms with Crippen LogP contribution in [0.5, 0.6) is 0 Å². The Balaban J connectivity index is 0.000000208. The number of aromatic nitrogens is 8. The quantitative estimate of drug-likeness (QED) is 0.174. The second kappa shape index (κ2) is 14.6. The van der Waals surface area contributed by atoms with Crippen molar-refractivity contribution in [2.45, 2.75) is 52.1 Å². The fourth-order valence-corrected chi connectivity index (χ4v) is 5.59. The highest BCUT2D eigenvalue weighted by Gasteiger charge is 2.32. The molecule has 20 heteroatoms. The van der Waals surface area contributed by atoms with Crippen LogP contribution < -0.4 is 21.8 Å². The fraction of sp³-hybridized carbons (Fsp3) is 0.294. The summed E-state index contributed by atoms with van der Waals surface area (Å²) in [5, 5.41) is 13.3. The molecule has 0 saturated heterocycles. The molecule has 6 rings (SSSR count). The van der Waals surface area contributed by atoms with Crippen LogP contribution in [-0.4, -0.2) is 65.4 Å². The summed E-state index contributed by atoms with van der Waals surface area (Å²) < 4.78 is 79.3. The number of hydrogen-bond acceptors (Lipinski definition) is 8. The highest BCUT2D eigenvalue weighted by Crippen LogP contribution is 2.32. The number of aryl methyl sites for hydroxylation is 2. The number of fused-ring (bicyclic) bond motifs is 2. The fourth-order valence-electron chi connectivity index (χ4n) is 5.59. The minimum atomic E-state index is -4.43. The van der Waals surface area contributed by atoms with Crippen LogP contribution in [0.1, 0.15) is 80.8 Å². The molecule has 6 aromatic rings. The van der Waals surface area contributed by atoms with Crippen molar-refractivity contribution in [2.75, 3.05) is 14.1 Å². The predicted octanol–water partition coefficient (Wildman–Crippen LogP) is 4.83. The van der Waals surface area contributed by atoms with Crippen LogP contribution in [0.25, 0.3) is 22.1 Å². The van der Waals surface area contributed by atoms with Gasteiger partial charge in [0.2, 0.25) is 0 Å². The molecule has 0 saturated carbocycles. The van der Waals surface area contributed by atoms with E-state index in [-0.39, 0.29) is 33.5 Å². The van der Waals surface area contributed by atoms with Gasteiger partial charge in [0.05, 0.1) is 23.2 Å². The average molecular weight is 759 g/mol. The number of H-pyrrole nitrogens is 2. The molecule has 284 valence electrons. The molecule has 0 aliphatic rings. The van der Waals surface area contributed by atoms with E-state index in [9.17, 15) is 45.5 Å². The van der Waals surface area contributed by atoms with Crippen molar-refractivity contribution in [1.82, 2.24) is 50.1 Å². The molecule has 0 fully saturated rings. The normalized spacial score (nSPS) is 13.0. The first-order valence-electron chi connectivity index (χ1n) is 16.0. The molecule has 0 aliphatic heterocycles. The third kappa shape index (κ3) is 7.57. The SMILES string of the molecule is CNC(=O)c1nn([C@@H](C)c2ccc(C(F)(F)F)cc2)c2nc(C)[nH]c(=O)c12.CNC(=O)c1nn([C@H](C)c2ccc(C(F)(F)F)cc2)c2nc(C)[nH]c(=O)c12. The van der Waals surface area contributed by atoms with Gasteiger partial charge in [-0.2, -0.15) is 36.5 Å². The number of carbonyl (C=O) groups is 2. The van der Waals surface area contributed by atoms with E-state index in [0.717, 1.165) is 24.3 Å². The van der Waals surface area contributed by atoms with E-state index in [1.165, 1.54) is 47.7 Å². The van der Waals surface area contributed by atoms with Crippen LogP contribution in [0.4, 0.5) is 26.3 Å². The van der Waals surface area contributed by atoms with Crippen LogP contribution in [0.2, 0.25) is 0 Å². The maximum atomic E-state index is 12.8. The van der Waals surface area contributed by atoms with Crippen LogP contribution in [-0.2, 0) is 12.4 Å². The lowest BCUT2D eigenvalue weighted by molar-refractivity contribution is -0.138. The van der Waals surface area contributed by atoms with Gasteiger partial charge in [0, 0.05) is 14.1 Å². The summed E-state index contributed by atoms with van der Waals surface area (Å²) in [7, 11) is 2.81. The number of nitrogens with zero attached hydrogens (tertiary/aromatic N) is 6. The average Bonchev–Trinajstić information content (AvgIpc) is 3.69. The van der Waals surface area contributed by atoms with Gasteiger partial charge >= 0.3 is 12.4 Å². The Hall–Kier alpha value is -6.34. The van der Waals surface area contributed by atoms with Gasteiger partial charge in [-0.1, -0.05) is 24.3 Å². The molecular formula is C34H32F6N10O4. The number of aromatic amines is 2. The summed E-state index contributed by atoms with van der Waals surface area (Å²) in [5.41, 5.74) is -1.33. The molecule has 4 heterocycles. The lowest BCUT2D eigenvalue weighted by Gasteiger charge is -2.15. The van der Waals surface area contributed by atoms with Gasteiger partial charge < -0.3 is 20.6 Å². The van der Waals surface area contributed by atoms with Gasteiger partial charge in [-0.25, -0.2) is 19.3 Å². The minimum Gasteiger partial charge on any atom is -0.354 e. The Morgan fingerprint density at radius 3 is 1.22 bits per heavy atom. The number of nitrogens with one attached hydrogen (secondary N) is 4. The molecule has 54 heavy (non-hydrogen) atoms. The molecule has 4 N–H and O–H groups in total. The van der Waals surface area contributed by atoms with Gasteiger partial charge in [-0.3, -0.25) is 19.2 Å². The first kappa shape index (κ1) is 38.9. The second-order valence-corrected chi connectivity index (χ2v) is 12.0. The Bertz CT molecular complexity index is 2310. The summed E-state index contributed by atoms with van der Waals surface area (Å²) >= 11 is 0. The van der Waals surface area contributed by atoms with Crippen molar-refractivity contribution in [3.8, 4) is 0 Å². The predicted molar refractivity (Wildman–Crippen MR) is 183 cm³/mol. The number of alkyl halides is 6. The van der Waals surface area contributed by atoms with Crippen LogP contribution in [0, 0.1) is 13.8 Å². The van der Waals surface area contributed by atoms with Gasteiger partial charge in [0.1, 0.15) is 22.4 Å². The van der Waals surface area contributed by atoms with Crippen molar-refractivity contribution < 1.29 is 35.9 Å². The zero-order valence-electron chi connectivity index (χ0n) is 29.4. The Kier molecular flexibility index (Phi) is 10.5. The molecule has 2 atom stereocenters. The summed E-state index contributed by atoms with van der Waals surface area (Å²) in [6, 6.07) is 8.13. The molecule has 2 amide bonds. The zero-order valence-corrected chi connectivity index (χ0v) is 29.4. The monoisotopic (exact) mass is 758 g/mol. The van der Waals surface area contributed by atoms with Crippen LogP contribution in [0.15, 0.2) is 58.1 Å². The van der Waals surface area contributed by atoms with Crippen molar-refractivity contribution in [1.29, 1.82) is 0 Å². The highest BCUT2D eigenvalue weighted by molar-refractivity contribution is 6.04. The van der Waals surface area contributed by atoms with Gasteiger partial charge in [0.15, 0.2) is 22.7 Å². The molecular weight excluding hydrogens is 726 g/mol. The summed E-state index contributed by atoms with van der Waals surface area (Å²) in [4.78, 5) is 62.4. The lowest BCUT2D eigenvalue weighted by atomic mass is 10.1.